The van der Waals surface area contributed by atoms with Crippen LogP contribution in [0.4, 0.5) is 8.78 Å². The van der Waals surface area contributed by atoms with Crippen molar-refractivity contribution in [1.29, 1.82) is 0 Å². The number of H-pyrrole nitrogens is 1. The summed E-state index contributed by atoms with van der Waals surface area (Å²) in [6.07, 6.45) is -4.49. The van der Waals surface area contributed by atoms with E-state index >= 15 is 0 Å². The summed E-state index contributed by atoms with van der Waals surface area (Å²) in [7, 11) is 0. The molecule has 0 unspecified atom stereocenters. The van der Waals surface area contributed by atoms with Crippen molar-refractivity contribution in [3.05, 3.63) is 22.5 Å². The summed E-state index contributed by atoms with van der Waals surface area (Å²) in [5, 5.41) is 18.5. The monoisotopic (exact) mass is 302 g/mol. The molecule has 0 saturated carbocycles. The number of rotatable bonds is 2. The molecule has 0 spiro atoms. The zero-order chi connectivity index (χ0) is 15.4. The first kappa shape index (κ1) is 14.0. The van der Waals surface area contributed by atoms with Gasteiger partial charge < -0.3 is 19.9 Å². The van der Waals surface area contributed by atoms with E-state index in [2.05, 4.69) is 15.0 Å². The van der Waals surface area contributed by atoms with Crippen LogP contribution < -0.4 is 5.56 Å². The molecule has 0 aromatic carbocycles. The van der Waals surface area contributed by atoms with E-state index in [-0.39, 0.29) is 17.0 Å². The molecule has 8 nitrogen and oxygen atoms in total. The summed E-state index contributed by atoms with van der Waals surface area (Å²) >= 11 is 0. The smallest absolute Gasteiger partial charge is 0.320 e. The Morgan fingerprint density at radius 3 is 2.90 bits per heavy atom. The number of aliphatic hydroxyl groups is 2. The molecule has 3 heterocycles. The summed E-state index contributed by atoms with van der Waals surface area (Å²) in [6, 6.07) is 0. The fraction of sp³-hybridized carbons (Fsp3) is 0.545. The van der Waals surface area contributed by atoms with Crippen molar-refractivity contribution in [3.8, 4) is 0 Å². The molecule has 3 rings (SSSR count). The van der Waals surface area contributed by atoms with Crippen molar-refractivity contribution in [3.63, 3.8) is 0 Å². The van der Waals surface area contributed by atoms with Gasteiger partial charge in [0.05, 0.1) is 12.9 Å². The Morgan fingerprint density at radius 2 is 2.29 bits per heavy atom. The number of halogens is 2. The van der Waals surface area contributed by atoms with Crippen LogP contribution in [0.1, 0.15) is 12.1 Å². The number of nitrogens with zero attached hydrogens (tertiary/aromatic N) is 3. The van der Waals surface area contributed by atoms with Crippen LogP contribution in [0.15, 0.2) is 11.1 Å². The van der Waals surface area contributed by atoms with Gasteiger partial charge in [-0.05, 0) is 6.92 Å². The third kappa shape index (κ3) is 1.94. The summed E-state index contributed by atoms with van der Waals surface area (Å²) in [4.78, 5) is 21.8. The lowest BCUT2D eigenvalue weighted by Gasteiger charge is -2.20. The fourth-order valence-electron chi connectivity index (χ4n) is 2.33. The SMILES string of the molecule is Cc1nc2c(ncn2[C@@H]2O[C@H](CO)[C@@H](O)C2(F)F)c(=O)[nH]1. The molecule has 2 aromatic heterocycles. The van der Waals surface area contributed by atoms with Gasteiger partial charge in [0, 0.05) is 0 Å². The molecule has 3 atom stereocenters. The van der Waals surface area contributed by atoms with Crippen LogP contribution in [0.25, 0.3) is 11.2 Å². The number of hydrogen-bond acceptors (Lipinski definition) is 6. The van der Waals surface area contributed by atoms with E-state index < -0.39 is 36.5 Å². The van der Waals surface area contributed by atoms with Gasteiger partial charge in [-0.25, -0.2) is 9.97 Å². The fourth-order valence-corrected chi connectivity index (χ4v) is 2.33. The highest BCUT2D eigenvalue weighted by atomic mass is 19.3. The Hall–Kier alpha value is -1.91. The topological polar surface area (TPSA) is 113 Å². The Balaban J connectivity index is 2.15. The molecule has 0 radical (unpaired) electrons. The van der Waals surface area contributed by atoms with Gasteiger partial charge in [0.25, 0.3) is 5.56 Å². The number of hydrogen-bond donors (Lipinski definition) is 3. The molecule has 0 bridgehead atoms. The van der Waals surface area contributed by atoms with Crippen LogP contribution in [0.3, 0.4) is 0 Å². The number of ether oxygens (including phenoxy) is 1. The van der Waals surface area contributed by atoms with E-state index in [1.807, 2.05) is 0 Å². The van der Waals surface area contributed by atoms with Crippen LogP contribution >= 0.6 is 0 Å². The highest BCUT2D eigenvalue weighted by Gasteiger charge is 2.59. The summed E-state index contributed by atoms with van der Waals surface area (Å²) in [5.41, 5.74) is -0.745. The molecule has 0 amide bonds. The van der Waals surface area contributed by atoms with Gasteiger partial charge in [0.1, 0.15) is 11.9 Å². The number of fused-ring (bicyclic) bond motifs is 1. The Kier molecular flexibility index (Phi) is 3.04. The normalized spacial score (nSPS) is 28.3. The molecule has 1 aliphatic heterocycles. The molecule has 21 heavy (non-hydrogen) atoms. The van der Waals surface area contributed by atoms with Gasteiger partial charge in [-0.1, -0.05) is 0 Å². The summed E-state index contributed by atoms with van der Waals surface area (Å²) in [5.74, 6) is -3.42. The maximum absolute atomic E-state index is 14.1. The molecule has 10 heteroatoms. The van der Waals surface area contributed by atoms with Crippen molar-refractivity contribution in [1.82, 2.24) is 19.5 Å². The minimum atomic E-state index is -3.65. The highest BCUT2D eigenvalue weighted by molar-refractivity contribution is 5.69. The van der Waals surface area contributed by atoms with Gasteiger partial charge in [-0.15, -0.1) is 0 Å². The van der Waals surface area contributed by atoms with Gasteiger partial charge >= 0.3 is 5.92 Å². The third-order valence-electron chi connectivity index (χ3n) is 3.36. The lowest BCUT2D eigenvalue weighted by Crippen LogP contribution is -2.39. The number of nitrogens with one attached hydrogen (secondary N) is 1. The van der Waals surface area contributed by atoms with Gasteiger partial charge in [0.2, 0.25) is 6.23 Å². The maximum atomic E-state index is 14.1. The average Bonchev–Trinajstić information content (AvgIpc) is 2.91. The van der Waals surface area contributed by atoms with E-state index in [4.69, 9.17) is 9.84 Å². The predicted molar refractivity (Wildman–Crippen MR) is 64.8 cm³/mol. The van der Waals surface area contributed by atoms with E-state index in [1.54, 1.807) is 0 Å². The first-order valence-corrected chi connectivity index (χ1v) is 6.12. The molecule has 3 N–H and O–H groups in total. The molecule has 2 aromatic rings. The van der Waals surface area contributed by atoms with Crippen molar-refractivity contribution in [2.24, 2.45) is 0 Å². The van der Waals surface area contributed by atoms with Crippen molar-refractivity contribution in [2.75, 3.05) is 6.61 Å². The van der Waals surface area contributed by atoms with E-state index in [1.165, 1.54) is 6.92 Å². The second-order valence-corrected chi connectivity index (χ2v) is 4.80. The Bertz CT molecular complexity index is 743. The molecule has 114 valence electrons. The minimum Gasteiger partial charge on any atom is -0.394 e. The second kappa shape index (κ2) is 4.55. The summed E-state index contributed by atoms with van der Waals surface area (Å²) < 4.78 is 34.0. The Morgan fingerprint density at radius 1 is 1.57 bits per heavy atom. The number of aromatic nitrogens is 4. The summed E-state index contributed by atoms with van der Waals surface area (Å²) in [6.45, 7) is 0.740. The second-order valence-electron chi connectivity index (χ2n) is 4.80. The first-order valence-electron chi connectivity index (χ1n) is 6.12. The predicted octanol–water partition coefficient (Wildman–Crippen LogP) is -0.686. The lowest BCUT2D eigenvalue weighted by molar-refractivity contribution is -0.138. The van der Waals surface area contributed by atoms with Crippen molar-refractivity contribution in [2.45, 2.75) is 31.3 Å². The molecular formula is C11H12F2N4O4. The standard InChI is InChI=1S/C11H12F2N4O4/c1-4-15-8-6(9(20)16-4)14-3-17(8)10-11(12,13)7(19)5(2-18)21-10/h3,5,7,10,18-19H,2H2,1H3,(H,15,16,20)/t5-,7-,10-/m1/s1. The first-order chi connectivity index (χ1) is 9.86. The van der Waals surface area contributed by atoms with Crippen LogP contribution in [-0.4, -0.2) is 54.5 Å². The zero-order valence-electron chi connectivity index (χ0n) is 10.8. The lowest BCUT2D eigenvalue weighted by atomic mass is 10.1. The highest BCUT2D eigenvalue weighted by Crippen LogP contribution is 2.43. The number of aliphatic hydroxyl groups excluding tert-OH is 2. The molecule has 1 fully saturated rings. The van der Waals surface area contributed by atoms with Crippen LogP contribution in [-0.2, 0) is 4.74 Å². The van der Waals surface area contributed by atoms with Crippen LogP contribution in [0.5, 0.6) is 0 Å². The van der Waals surface area contributed by atoms with Gasteiger partial charge in [-0.3, -0.25) is 9.36 Å². The molecule has 1 aliphatic rings. The van der Waals surface area contributed by atoms with Crippen molar-refractivity contribution >= 4 is 11.2 Å². The largest absolute Gasteiger partial charge is 0.394 e. The number of aryl methyl sites for hydroxylation is 1. The molecule has 1 saturated heterocycles. The number of aromatic amines is 1. The van der Waals surface area contributed by atoms with Crippen LogP contribution in [0.2, 0.25) is 0 Å². The van der Waals surface area contributed by atoms with Gasteiger partial charge in [0.15, 0.2) is 17.3 Å². The van der Waals surface area contributed by atoms with Gasteiger partial charge in [-0.2, -0.15) is 8.78 Å². The molecule has 0 aliphatic carbocycles. The maximum Gasteiger partial charge on any atom is 0.320 e. The minimum absolute atomic E-state index is 0.0771. The third-order valence-corrected chi connectivity index (χ3v) is 3.36. The number of alkyl halides is 2. The Labute approximate surface area is 116 Å². The zero-order valence-corrected chi connectivity index (χ0v) is 10.8. The van der Waals surface area contributed by atoms with E-state index in [9.17, 15) is 18.7 Å². The quantitative estimate of drug-likeness (QED) is 0.677. The molecular weight excluding hydrogens is 290 g/mol. The van der Waals surface area contributed by atoms with Crippen LogP contribution in [0, 0.1) is 6.92 Å². The van der Waals surface area contributed by atoms with Crippen molar-refractivity contribution < 1.29 is 23.7 Å². The van der Waals surface area contributed by atoms with E-state index in [0.29, 0.717) is 0 Å². The average molecular weight is 302 g/mol. The van der Waals surface area contributed by atoms with E-state index in [0.717, 1.165) is 10.9 Å². The number of imidazole rings is 1.